The van der Waals surface area contributed by atoms with Crippen molar-refractivity contribution in [2.45, 2.75) is 19.9 Å². The number of Topliss-reactive ketones (excluding diaryl/α,β-unsaturated/α-hetero) is 1. The second kappa shape index (κ2) is 9.80. The first kappa shape index (κ1) is 24.3. The lowest BCUT2D eigenvalue weighted by molar-refractivity contribution is -0.132. The number of amides is 1. The highest BCUT2D eigenvalue weighted by Crippen LogP contribution is 2.43. The van der Waals surface area contributed by atoms with Crippen LogP contribution < -0.4 is 14.4 Å². The van der Waals surface area contributed by atoms with Crippen LogP contribution in [-0.2, 0) is 9.59 Å². The number of carbonyl (C=O) groups is 2. The molecular weight excluding hydrogens is 473 g/mol. The van der Waals surface area contributed by atoms with Crippen LogP contribution in [-0.4, -0.2) is 30.5 Å². The second-order valence-corrected chi connectivity index (χ2v) is 8.36. The molecule has 0 aromatic heterocycles. The molecule has 0 bridgehead atoms. The van der Waals surface area contributed by atoms with Gasteiger partial charge < -0.3 is 14.6 Å². The van der Waals surface area contributed by atoms with Gasteiger partial charge in [0, 0.05) is 11.3 Å². The summed E-state index contributed by atoms with van der Waals surface area (Å²) in [5.74, 6) is -1.48. The lowest BCUT2D eigenvalue weighted by atomic mass is 9.94. The van der Waals surface area contributed by atoms with E-state index in [4.69, 9.17) is 21.1 Å². The van der Waals surface area contributed by atoms with Crippen LogP contribution >= 0.6 is 11.6 Å². The third-order valence-electron chi connectivity index (χ3n) is 5.81. The number of nitrogens with zero attached hydrogens (tertiary/aromatic N) is 1. The molecule has 6 nitrogen and oxygen atoms in total. The van der Waals surface area contributed by atoms with Gasteiger partial charge in [0.2, 0.25) is 0 Å². The normalized spacial score (nSPS) is 17.1. The molecule has 3 aromatic carbocycles. The van der Waals surface area contributed by atoms with E-state index in [1.807, 2.05) is 13.8 Å². The molecule has 4 rings (SSSR count). The minimum atomic E-state index is -0.977. The first-order valence-electron chi connectivity index (χ1n) is 10.9. The van der Waals surface area contributed by atoms with E-state index >= 15 is 0 Å². The predicted molar refractivity (Wildman–Crippen MR) is 132 cm³/mol. The fourth-order valence-corrected chi connectivity index (χ4v) is 4.28. The summed E-state index contributed by atoms with van der Waals surface area (Å²) < 4.78 is 24.6. The SMILES string of the molecule is CCOc1ccc(/C(O)=C2\C(=O)C(=O)N(c3ccc(F)c(Cl)c3)C2c2ccc(OC)cc2)cc1C. The minimum Gasteiger partial charge on any atom is -0.507 e. The van der Waals surface area contributed by atoms with Crippen LogP contribution in [0.5, 0.6) is 11.5 Å². The van der Waals surface area contributed by atoms with Gasteiger partial charge in [-0.2, -0.15) is 0 Å². The van der Waals surface area contributed by atoms with Gasteiger partial charge in [0.15, 0.2) is 0 Å². The van der Waals surface area contributed by atoms with Crippen molar-refractivity contribution >= 4 is 34.7 Å². The van der Waals surface area contributed by atoms with Gasteiger partial charge >= 0.3 is 0 Å². The van der Waals surface area contributed by atoms with Crippen molar-refractivity contribution in [1.29, 1.82) is 0 Å². The summed E-state index contributed by atoms with van der Waals surface area (Å²) in [5.41, 5.74) is 1.80. The maximum Gasteiger partial charge on any atom is 0.300 e. The van der Waals surface area contributed by atoms with Gasteiger partial charge in [-0.05, 0) is 73.5 Å². The highest BCUT2D eigenvalue weighted by atomic mass is 35.5. The molecule has 35 heavy (non-hydrogen) atoms. The molecule has 1 amide bonds. The Morgan fingerprint density at radius 3 is 2.40 bits per heavy atom. The van der Waals surface area contributed by atoms with Gasteiger partial charge in [0.25, 0.3) is 11.7 Å². The van der Waals surface area contributed by atoms with Gasteiger partial charge in [-0.3, -0.25) is 14.5 Å². The monoisotopic (exact) mass is 495 g/mol. The van der Waals surface area contributed by atoms with Crippen LogP contribution in [0.4, 0.5) is 10.1 Å². The van der Waals surface area contributed by atoms with Crippen LogP contribution in [0.25, 0.3) is 5.76 Å². The Labute approximate surface area is 207 Å². The maximum absolute atomic E-state index is 13.8. The predicted octanol–water partition coefficient (Wildman–Crippen LogP) is 5.82. The summed E-state index contributed by atoms with van der Waals surface area (Å²) in [7, 11) is 1.52. The summed E-state index contributed by atoms with van der Waals surface area (Å²) in [4.78, 5) is 27.7. The first-order valence-corrected chi connectivity index (χ1v) is 11.3. The summed E-state index contributed by atoms with van der Waals surface area (Å²) >= 11 is 5.97. The number of aryl methyl sites for hydroxylation is 1. The highest BCUT2D eigenvalue weighted by molar-refractivity contribution is 6.51. The standard InChI is InChI=1S/C27H23ClFNO5/c1-4-35-22-12-7-17(13-15(22)2)25(31)23-24(16-5-9-19(34-3)10-6-16)30(27(33)26(23)32)18-8-11-21(29)20(28)14-18/h5-14,24,31H,4H2,1-3H3/b25-23+. The Morgan fingerprint density at radius 2 is 1.80 bits per heavy atom. The first-order chi connectivity index (χ1) is 16.8. The van der Waals surface area contributed by atoms with Gasteiger partial charge in [-0.1, -0.05) is 23.7 Å². The molecule has 1 atom stereocenters. The molecule has 8 heteroatoms. The lowest BCUT2D eigenvalue weighted by Crippen LogP contribution is -2.29. The van der Waals surface area contributed by atoms with Gasteiger partial charge in [0.1, 0.15) is 23.1 Å². The number of benzene rings is 3. The highest BCUT2D eigenvalue weighted by Gasteiger charge is 2.47. The van der Waals surface area contributed by atoms with Gasteiger partial charge in [-0.25, -0.2) is 4.39 Å². The number of aliphatic hydroxyl groups is 1. The summed E-state index contributed by atoms with van der Waals surface area (Å²) in [6.07, 6.45) is 0. The molecule has 1 N–H and O–H groups in total. The summed E-state index contributed by atoms with van der Waals surface area (Å²) in [6, 6.07) is 14.6. The van der Waals surface area contributed by atoms with Crippen LogP contribution in [0.15, 0.2) is 66.2 Å². The molecule has 0 radical (unpaired) electrons. The number of anilines is 1. The molecule has 0 aliphatic carbocycles. The van der Waals surface area contributed by atoms with E-state index in [-0.39, 0.29) is 22.0 Å². The number of hydrogen-bond acceptors (Lipinski definition) is 5. The molecule has 3 aromatic rings. The molecular formula is C27H23ClFNO5. The smallest absolute Gasteiger partial charge is 0.300 e. The van der Waals surface area contributed by atoms with Crippen LogP contribution in [0.2, 0.25) is 5.02 Å². The van der Waals surface area contributed by atoms with Gasteiger partial charge in [0.05, 0.1) is 30.4 Å². The van der Waals surface area contributed by atoms with Crippen molar-refractivity contribution in [3.05, 3.63) is 93.8 Å². The van der Waals surface area contributed by atoms with E-state index in [1.54, 1.807) is 42.5 Å². The Balaban J connectivity index is 1.91. The van der Waals surface area contributed by atoms with Crippen molar-refractivity contribution in [3.63, 3.8) is 0 Å². The average molecular weight is 496 g/mol. The zero-order valence-electron chi connectivity index (χ0n) is 19.3. The Bertz CT molecular complexity index is 1340. The quantitative estimate of drug-likeness (QED) is 0.265. The molecule has 1 unspecified atom stereocenters. The number of rotatable bonds is 6. The number of methoxy groups -OCH3 is 1. The number of ketones is 1. The lowest BCUT2D eigenvalue weighted by Gasteiger charge is -2.26. The van der Waals surface area contributed by atoms with Crippen LogP contribution in [0.3, 0.4) is 0 Å². The molecule has 1 aliphatic rings. The Kier molecular flexibility index (Phi) is 6.80. The van der Waals surface area contributed by atoms with E-state index in [0.29, 0.717) is 29.2 Å². The molecule has 0 spiro atoms. The summed E-state index contributed by atoms with van der Waals surface area (Å²) in [5, 5.41) is 11.1. The van der Waals surface area contributed by atoms with Gasteiger partial charge in [-0.15, -0.1) is 0 Å². The number of hydrogen-bond donors (Lipinski definition) is 1. The second-order valence-electron chi connectivity index (χ2n) is 7.95. The average Bonchev–Trinajstić information content (AvgIpc) is 3.12. The molecule has 1 heterocycles. The largest absolute Gasteiger partial charge is 0.507 e. The summed E-state index contributed by atoms with van der Waals surface area (Å²) in [6.45, 7) is 4.17. The van der Waals surface area contributed by atoms with Crippen molar-refractivity contribution in [2.75, 3.05) is 18.6 Å². The molecule has 1 fully saturated rings. The number of aliphatic hydroxyl groups excluding tert-OH is 1. The fourth-order valence-electron chi connectivity index (χ4n) is 4.10. The van der Waals surface area contributed by atoms with E-state index in [9.17, 15) is 19.1 Å². The van der Waals surface area contributed by atoms with Crippen molar-refractivity contribution in [1.82, 2.24) is 0 Å². The van der Waals surface area contributed by atoms with E-state index < -0.39 is 23.5 Å². The zero-order chi connectivity index (χ0) is 25.3. The molecule has 1 aliphatic heterocycles. The topological polar surface area (TPSA) is 76.1 Å². The Morgan fingerprint density at radius 1 is 1.09 bits per heavy atom. The van der Waals surface area contributed by atoms with Crippen LogP contribution in [0, 0.1) is 12.7 Å². The maximum atomic E-state index is 13.8. The minimum absolute atomic E-state index is 0.0934. The van der Waals surface area contributed by atoms with Crippen molar-refractivity contribution in [2.24, 2.45) is 0 Å². The molecule has 0 saturated carbocycles. The third-order valence-corrected chi connectivity index (χ3v) is 6.10. The van der Waals surface area contributed by atoms with Crippen molar-refractivity contribution < 1.29 is 28.6 Å². The molecule has 1 saturated heterocycles. The third kappa shape index (κ3) is 4.47. The number of ether oxygens (including phenoxy) is 2. The van der Waals surface area contributed by atoms with E-state index in [0.717, 1.165) is 11.6 Å². The molecule has 180 valence electrons. The van der Waals surface area contributed by atoms with E-state index in [2.05, 4.69) is 0 Å². The van der Waals surface area contributed by atoms with E-state index in [1.165, 1.54) is 24.1 Å². The van der Waals surface area contributed by atoms with Crippen LogP contribution in [0.1, 0.15) is 29.7 Å². The van der Waals surface area contributed by atoms with Crippen molar-refractivity contribution in [3.8, 4) is 11.5 Å². The zero-order valence-corrected chi connectivity index (χ0v) is 20.1. The number of halogens is 2. The fraction of sp³-hybridized carbons (Fsp3) is 0.185. The Hall–Kier alpha value is -3.84. The number of carbonyl (C=O) groups excluding carboxylic acids is 2.